The third-order valence-corrected chi connectivity index (χ3v) is 4.69. The third-order valence-electron chi connectivity index (χ3n) is 3.15. The first-order valence-electron chi connectivity index (χ1n) is 6.48. The number of aromatic nitrogens is 2. The Kier molecular flexibility index (Phi) is 4.48. The highest BCUT2D eigenvalue weighted by atomic mass is 79.9. The van der Waals surface area contributed by atoms with E-state index < -0.39 is 0 Å². The molecular weight excluding hydrogens is 350 g/mol. The normalized spacial score (nSPS) is 12.5. The molecule has 1 aromatic carbocycles. The predicted octanol–water partition coefficient (Wildman–Crippen LogP) is 4.25. The molecule has 21 heavy (non-hydrogen) atoms. The maximum absolute atomic E-state index is 5.34. The van der Waals surface area contributed by atoms with Crippen LogP contribution in [0.25, 0.3) is 10.2 Å². The predicted molar refractivity (Wildman–Crippen MR) is 89.8 cm³/mol. The zero-order valence-corrected chi connectivity index (χ0v) is 13.8. The lowest BCUT2D eigenvalue weighted by Gasteiger charge is -2.19. The van der Waals surface area contributed by atoms with Crippen molar-refractivity contribution in [1.82, 2.24) is 9.97 Å². The summed E-state index contributed by atoms with van der Waals surface area (Å²) in [5.41, 5.74) is 1.17. The topological polar surface area (TPSA) is 47.0 Å². The second-order valence-corrected chi connectivity index (χ2v) is 6.96. The number of methoxy groups -OCH3 is 1. The van der Waals surface area contributed by atoms with Gasteiger partial charge in [0.1, 0.15) is 17.0 Å². The van der Waals surface area contributed by atoms with E-state index in [1.807, 2.05) is 24.3 Å². The number of rotatable bonds is 5. The van der Waals surface area contributed by atoms with Gasteiger partial charge in [0.2, 0.25) is 0 Å². The molecule has 3 aromatic rings. The molecule has 0 fully saturated rings. The molecule has 1 N–H and O–H groups in total. The number of halogens is 1. The van der Waals surface area contributed by atoms with E-state index in [1.54, 1.807) is 24.8 Å². The van der Waals surface area contributed by atoms with Gasteiger partial charge in [-0.3, -0.25) is 0 Å². The van der Waals surface area contributed by atoms with Gasteiger partial charge in [-0.05, 0) is 27.6 Å². The summed E-state index contributed by atoms with van der Waals surface area (Å²) in [7, 11) is 1.70. The lowest BCUT2D eigenvalue weighted by molar-refractivity contribution is 0.186. The molecule has 0 radical (unpaired) electrons. The van der Waals surface area contributed by atoms with Gasteiger partial charge in [0.15, 0.2) is 0 Å². The Hall–Kier alpha value is -1.50. The second-order valence-electron chi connectivity index (χ2n) is 4.55. The minimum Gasteiger partial charge on any atom is -0.382 e. The lowest BCUT2D eigenvalue weighted by Crippen LogP contribution is -2.17. The number of nitrogens with one attached hydrogen (secondary N) is 1. The van der Waals surface area contributed by atoms with Gasteiger partial charge in [-0.15, -0.1) is 11.3 Å². The molecule has 4 nitrogen and oxygen atoms in total. The Morgan fingerprint density at radius 1 is 1.29 bits per heavy atom. The largest absolute Gasteiger partial charge is 0.382 e. The van der Waals surface area contributed by atoms with Crippen LogP contribution in [0.3, 0.4) is 0 Å². The Morgan fingerprint density at radius 2 is 2.10 bits per heavy atom. The lowest BCUT2D eigenvalue weighted by atomic mass is 10.1. The van der Waals surface area contributed by atoms with Crippen molar-refractivity contribution in [3.05, 3.63) is 52.1 Å². The Bertz CT molecular complexity index is 732. The summed E-state index contributed by atoms with van der Waals surface area (Å²) in [6.45, 7) is 0.570. The summed E-state index contributed by atoms with van der Waals surface area (Å²) in [5, 5.41) is 4.48. The number of nitrogens with zero attached hydrogens (tertiary/aromatic N) is 2. The van der Waals surface area contributed by atoms with Crippen molar-refractivity contribution < 1.29 is 4.74 Å². The van der Waals surface area contributed by atoms with Gasteiger partial charge < -0.3 is 10.1 Å². The molecule has 0 spiro atoms. The summed E-state index contributed by atoms with van der Waals surface area (Å²) in [6.07, 6.45) is 1.59. The molecule has 0 saturated carbocycles. The first-order chi connectivity index (χ1) is 10.3. The highest BCUT2D eigenvalue weighted by Gasteiger charge is 2.14. The number of thiophene rings is 1. The number of ether oxygens (including phenoxy) is 1. The summed E-state index contributed by atoms with van der Waals surface area (Å²) in [5.74, 6) is 0.827. The summed E-state index contributed by atoms with van der Waals surface area (Å²) < 4.78 is 6.38. The van der Waals surface area contributed by atoms with Crippen LogP contribution in [0.1, 0.15) is 11.6 Å². The van der Waals surface area contributed by atoms with Gasteiger partial charge in [-0.25, -0.2) is 9.97 Å². The Labute approximate surface area is 135 Å². The Morgan fingerprint density at radius 3 is 2.86 bits per heavy atom. The first-order valence-corrected chi connectivity index (χ1v) is 8.09. The summed E-state index contributed by atoms with van der Waals surface area (Å²) in [4.78, 5) is 9.63. The van der Waals surface area contributed by atoms with Gasteiger partial charge in [0.05, 0.1) is 21.8 Å². The summed E-state index contributed by atoms with van der Waals surface area (Å²) >= 11 is 5.10. The number of hydrogen-bond donors (Lipinski definition) is 1. The molecule has 108 valence electrons. The third kappa shape index (κ3) is 3.23. The van der Waals surface area contributed by atoms with E-state index >= 15 is 0 Å². The van der Waals surface area contributed by atoms with E-state index in [9.17, 15) is 0 Å². The van der Waals surface area contributed by atoms with Gasteiger partial charge in [-0.2, -0.15) is 0 Å². The number of benzene rings is 1. The van der Waals surface area contributed by atoms with Crippen LogP contribution in [-0.4, -0.2) is 23.7 Å². The van der Waals surface area contributed by atoms with Gasteiger partial charge in [-0.1, -0.05) is 30.3 Å². The fourth-order valence-electron chi connectivity index (χ4n) is 2.18. The van der Waals surface area contributed by atoms with Gasteiger partial charge >= 0.3 is 0 Å². The minimum absolute atomic E-state index is 0.0491. The molecule has 0 aliphatic heterocycles. The molecule has 3 rings (SSSR count). The standard InChI is InChI=1S/C15H14BrN3OS/c1-20-8-12(10-5-3-2-4-6-10)19-14-11-7-13(16)21-15(11)18-9-17-14/h2-7,9,12H,8H2,1H3,(H,17,18,19)/t12-/m1/s1. The van der Waals surface area contributed by atoms with Gasteiger partial charge in [0.25, 0.3) is 0 Å². The molecule has 2 heterocycles. The van der Waals surface area contributed by atoms with E-state index in [0.29, 0.717) is 6.61 Å². The van der Waals surface area contributed by atoms with Crippen molar-refractivity contribution in [3.8, 4) is 0 Å². The van der Waals surface area contributed by atoms with Crippen molar-refractivity contribution in [2.45, 2.75) is 6.04 Å². The average molecular weight is 364 g/mol. The zero-order chi connectivity index (χ0) is 14.7. The van der Waals surface area contributed by atoms with E-state index in [0.717, 1.165) is 19.8 Å². The van der Waals surface area contributed by atoms with E-state index in [1.165, 1.54) is 5.56 Å². The molecule has 1 atom stereocenters. The Balaban J connectivity index is 1.94. The maximum atomic E-state index is 5.34. The first kappa shape index (κ1) is 14.4. The van der Waals surface area contributed by atoms with E-state index in [4.69, 9.17) is 4.74 Å². The molecule has 0 bridgehead atoms. The fraction of sp³-hybridized carbons (Fsp3) is 0.200. The smallest absolute Gasteiger partial charge is 0.138 e. The average Bonchev–Trinajstić information content (AvgIpc) is 2.89. The maximum Gasteiger partial charge on any atom is 0.138 e. The highest BCUT2D eigenvalue weighted by molar-refractivity contribution is 9.11. The van der Waals surface area contributed by atoms with Crippen LogP contribution in [0.2, 0.25) is 0 Å². The zero-order valence-electron chi connectivity index (χ0n) is 11.4. The monoisotopic (exact) mass is 363 g/mol. The molecule has 6 heteroatoms. The van der Waals surface area contributed by atoms with E-state index in [2.05, 4.69) is 43.3 Å². The van der Waals surface area contributed by atoms with Crippen LogP contribution in [0, 0.1) is 0 Å². The number of fused-ring (bicyclic) bond motifs is 1. The van der Waals surface area contributed by atoms with Crippen molar-refractivity contribution in [2.75, 3.05) is 19.0 Å². The van der Waals surface area contributed by atoms with Crippen molar-refractivity contribution in [1.29, 1.82) is 0 Å². The summed E-state index contributed by atoms with van der Waals surface area (Å²) in [6, 6.07) is 12.3. The molecular formula is C15H14BrN3OS. The molecule has 0 aliphatic carbocycles. The quantitative estimate of drug-likeness (QED) is 0.735. The van der Waals surface area contributed by atoms with Crippen LogP contribution in [0.5, 0.6) is 0 Å². The van der Waals surface area contributed by atoms with Crippen LogP contribution in [0.15, 0.2) is 46.5 Å². The van der Waals surface area contributed by atoms with Crippen LogP contribution in [-0.2, 0) is 4.74 Å². The second kappa shape index (κ2) is 6.51. The fourth-order valence-corrected chi connectivity index (χ4v) is 3.60. The van der Waals surface area contributed by atoms with Crippen molar-refractivity contribution >= 4 is 43.3 Å². The minimum atomic E-state index is 0.0491. The molecule has 0 amide bonds. The highest BCUT2D eigenvalue weighted by Crippen LogP contribution is 2.32. The number of anilines is 1. The van der Waals surface area contributed by atoms with E-state index in [-0.39, 0.29) is 6.04 Å². The molecule has 2 aromatic heterocycles. The van der Waals surface area contributed by atoms with Crippen molar-refractivity contribution in [3.63, 3.8) is 0 Å². The SMILES string of the molecule is COC[C@@H](Nc1ncnc2sc(Br)cc12)c1ccccc1. The van der Waals surface area contributed by atoms with Crippen LogP contribution in [0.4, 0.5) is 5.82 Å². The molecule has 0 unspecified atom stereocenters. The molecule has 0 aliphatic rings. The van der Waals surface area contributed by atoms with Gasteiger partial charge in [0, 0.05) is 7.11 Å². The van der Waals surface area contributed by atoms with Crippen LogP contribution < -0.4 is 5.32 Å². The van der Waals surface area contributed by atoms with Crippen LogP contribution >= 0.6 is 27.3 Å². The number of hydrogen-bond acceptors (Lipinski definition) is 5. The molecule has 0 saturated heterocycles. The van der Waals surface area contributed by atoms with Crippen molar-refractivity contribution in [2.24, 2.45) is 0 Å².